The number of amides is 2. The zero-order chi connectivity index (χ0) is 22.9. The summed E-state index contributed by atoms with van der Waals surface area (Å²) in [7, 11) is 1.54. The normalized spacial score (nSPS) is 11.5. The molecule has 0 aliphatic rings. The first-order valence-electron chi connectivity index (χ1n) is 10.1. The molecular formula is C25H24BrFN2O3. The minimum Gasteiger partial charge on any atom is -0.484 e. The van der Waals surface area contributed by atoms with Gasteiger partial charge in [0.2, 0.25) is 5.91 Å². The van der Waals surface area contributed by atoms with Crippen molar-refractivity contribution in [2.75, 3.05) is 13.7 Å². The molecule has 0 fully saturated rings. The van der Waals surface area contributed by atoms with Crippen LogP contribution in [0.5, 0.6) is 5.75 Å². The summed E-state index contributed by atoms with van der Waals surface area (Å²) >= 11 is 3.36. The van der Waals surface area contributed by atoms with E-state index in [1.165, 1.54) is 17.0 Å². The predicted molar refractivity (Wildman–Crippen MR) is 125 cm³/mol. The number of carbonyl (C=O) groups excluding carboxylic acids is 2. The van der Waals surface area contributed by atoms with Crippen LogP contribution in [0.25, 0.3) is 0 Å². The van der Waals surface area contributed by atoms with Crippen LogP contribution in [0.15, 0.2) is 83.3 Å². The fourth-order valence-corrected chi connectivity index (χ4v) is 3.53. The van der Waals surface area contributed by atoms with Crippen molar-refractivity contribution >= 4 is 27.7 Å². The van der Waals surface area contributed by atoms with Crippen LogP contribution in [0, 0.1) is 5.82 Å². The molecule has 1 N–H and O–H groups in total. The standard InChI is InChI=1S/C25H24BrFN2O3/c1-28-25(31)23(15-18-5-3-2-4-6-18)29(16-19-7-11-21(27)12-8-19)24(30)17-32-22-13-9-20(26)10-14-22/h2-14,23H,15-17H2,1H3,(H,28,31)/t23-/m0/s1. The van der Waals surface area contributed by atoms with Gasteiger partial charge in [-0.3, -0.25) is 9.59 Å². The van der Waals surface area contributed by atoms with E-state index in [-0.39, 0.29) is 30.8 Å². The van der Waals surface area contributed by atoms with E-state index in [1.807, 2.05) is 42.5 Å². The molecular weight excluding hydrogens is 475 g/mol. The van der Waals surface area contributed by atoms with E-state index in [2.05, 4.69) is 21.2 Å². The van der Waals surface area contributed by atoms with Gasteiger partial charge in [-0.15, -0.1) is 0 Å². The van der Waals surface area contributed by atoms with Crippen LogP contribution < -0.4 is 10.1 Å². The van der Waals surface area contributed by atoms with Gasteiger partial charge in [-0.25, -0.2) is 4.39 Å². The molecule has 7 heteroatoms. The number of carbonyl (C=O) groups is 2. The first kappa shape index (κ1) is 23.5. The lowest BCUT2D eigenvalue weighted by Crippen LogP contribution is -2.51. The zero-order valence-corrected chi connectivity index (χ0v) is 19.2. The molecule has 2 amide bonds. The van der Waals surface area contributed by atoms with E-state index in [1.54, 1.807) is 31.3 Å². The molecule has 0 saturated heterocycles. The molecule has 0 aliphatic carbocycles. The van der Waals surface area contributed by atoms with Crippen LogP contribution >= 0.6 is 15.9 Å². The Morgan fingerprint density at radius 3 is 2.25 bits per heavy atom. The van der Waals surface area contributed by atoms with Crippen LogP contribution in [-0.4, -0.2) is 36.4 Å². The van der Waals surface area contributed by atoms with E-state index in [0.717, 1.165) is 10.0 Å². The van der Waals surface area contributed by atoms with Crippen LogP contribution in [0.4, 0.5) is 4.39 Å². The largest absolute Gasteiger partial charge is 0.484 e. The van der Waals surface area contributed by atoms with Crippen LogP contribution in [0.1, 0.15) is 11.1 Å². The first-order chi connectivity index (χ1) is 15.5. The quantitative estimate of drug-likeness (QED) is 0.476. The third-order valence-electron chi connectivity index (χ3n) is 4.96. The molecule has 0 aromatic heterocycles. The minimum absolute atomic E-state index is 0.147. The van der Waals surface area contributed by atoms with Gasteiger partial charge in [0.1, 0.15) is 17.6 Å². The maximum Gasteiger partial charge on any atom is 0.261 e. The van der Waals surface area contributed by atoms with Gasteiger partial charge in [-0.2, -0.15) is 0 Å². The Labute approximate surface area is 195 Å². The summed E-state index contributed by atoms with van der Waals surface area (Å²) in [6, 6.07) is 21.8. The van der Waals surface area contributed by atoms with Crippen molar-refractivity contribution in [1.29, 1.82) is 0 Å². The Morgan fingerprint density at radius 1 is 0.969 bits per heavy atom. The number of nitrogens with one attached hydrogen (secondary N) is 1. The summed E-state index contributed by atoms with van der Waals surface area (Å²) in [5.41, 5.74) is 1.64. The zero-order valence-electron chi connectivity index (χ0n) is 17.6. The van der Waals surface area contributed by atoms with E-state index >= 15 is 0 Å². The van der Waals surface area contributed by atoms with Gasteiger partial charge in [0.05, 0.1) is 0 Å². The lowest BCUT2D eigenvalue weighted by atomic mass is 10.0. The second-order valence-electron chi connectivity index (χ2n) is 7.21. The number of hydrogen-bond acceptors (Lipinski definition) is 3. The molecule has 3 aromatic carbocycles. The maximum absolute atomic E-state index is 13.4. The van der Waals surface area contributed by atoms with E-state index in [4.69, 9.17) is 4.74 Å². The molecule has 166 valence electrons. The smallest absolute Gasteiger partial charge is 0.261 e. The highest BCUT2D eigenvalue weighted by Crippen LogP contribution is 2.18. The van der Waals surface area contributed by atoms with Crippen molar-refractivity contribution in [1.82, 2.24) is 10.2 Å². The average molecular weight is 499 g/mol. The number of likely N-dealkylation sites (N-methyl/N-ethyl adjacent to an activating group) is 1. The predicted octanol–water partition coefficient (Wildman–Crippen LogP) is 4.35. The van der Waals surface area contributed by atoms with Gasteiger partial charge in [-0.05, 0) is 47.5 Å². The number of nitrogens with zero attached hydrogens (tertiary/aromatic N) is 1. The van der Waals surface area contributed by atoms with Crippen molar-refractivity contribution in [3.8, 4) is 5.75 Å². The summed E-state index contributed by atoms with van der Waals surface area (Å²) < 4.78 is 20.0. The van der Waals surface area contributed by atoms with Gasteiger partial charge in [-0.1, -0.05) is 58.4 Å². The average Bonchev–Trinajstić information content (AvgIpc) is 2.82. The highest BCUT2D eigenvalue weighted by Gasteiger charge is 2.30. The van der Waals surface area contributed by atoms with Gasteiger partial charge in [0.15, 0.2) is 6.61 Å². The summed E-state index contributed by atoms with van der Waals surface area (Å²) in [5.74, 6) is -0.449. The Kier molecular flexibility index (Phi) is 8.39. The molecule has 0 saturated carbocycles. The molecule has 32 heavy (non-hydrogen) atoms. The molecule has 3 rings (SSSR count). The summed E-state index contributed by atoms with van der Waals surface area (Å²) in [5, 5.41) is 2.66. The van der Waals surface area contributed by atoms with Crippen LogP contribution in [-0.2, 0) is 22.6 Å². The number of halogens is 2. The molecule has 1 atom stereocenters. The number of rotatable bonds is 9. The SMILES string of the molecule is CNC(=O)[C@H](Cc1ccccc1)N(Cc1ccc(F)cc1)C(=O)COc1ccc(Br)cc1. The van der Waals surface area contributed by atoms with E-state index in [0.29, 0.717) is 17.7 Å². The molecule has 0 aliphatic heterocycles. The molecule has 0 heterocycles. The fraction of sp³-hybridized carbons (Fsp3) is 0.200. The van der Waals surface area contributed by atoms with Gasteiger partial charge >= 0.3 is 0 Å². The Balaban J connectivity index is 1.85. The Bertz CT molecular complexity index is 1030. The maximum atomic E-state index is 13.4. The van der Waals surface area contributed by atoms with E-state index < -0.39 is 6.04 Å². The second-order valence-corrected chi connectivity index (χ2v) is 8.13. The van der Waals surface area contributed by atoms with Crippen molar-refractivity contribution in [2.24, 2.45) is 0 Å². The van der Waals surface area contributed by atoms with Crippen LogP contribution in [0.2, 0.25) is 0 Å². The summed E-state index contributed by atoms with van der Waals surface area (Å²) in [6.07, 6.45) is 0.339. The minimum atomic E-state index is -0.756. The van der Waals surface area contributed by atoms with Crippen molar-refractivity contribution in [3.63, 3.8) is 0 Å². The van der Waals surface area contributed by atoms with Crippen molar-refractivity contribution in [3.05, 3.63) is 100 Å². The van der Waals surface area contributed by atoms with Crippen LogP contribution in [0.3, 0.4) is 0 Å². The lowest BCUT2D eigenvalue weighted by Gasteiger charge is -2.31. The molecule has 0 radical (unpaired) electrons. The highest BCUT2D eigenvalue weighted by atomic mass is 79.9. The highest BCUT2D eigenvalue weighted by molar-refractivity contribution is 9.10. The van der Waals surface area contributed by atoms with Crippen molar-refractivity contribution < 1.29 is 18.7 Å². The Hall–Kier alpha value is -3.19. The van der Waals surface area contributed by atoms with E-state index in [9.17, 15) is 14.0 Å². The monoisotopic (exact) mass is 498 g/mol. The van der Waals surface area contributed by atoms with Crippen molar-refractivity contribution in [2.45, 2.75) is 19.0 Å². The molecule has 0 spiro atoms. The third kappa shape index (κ3) is 6.65. The van der Waals surface area contributed by atoms with Gasteiger partial charge < -0.3 is 15.0 Å². The Morgan fingerprint density at radius 2 is 1.62 bits per heavy atom. The lowest BCUT2D eigenvalue weighted by molar-refractivity contribution is -0.142. The topological polar surface area (TPSA) is 58.6 Å². The third-order valence-corrected chi connectivity index (χ3v) is 5.49. The van der Waals surface area contributed by atoms with Gasteiger partial charge in [0, 0.05) is 24.5 Å². The van der Waals surface area contributed by atoms with Gasteiger partial charge in [0.25, 0.3) is 5.91 Å². The second kappa shape index (κ2) is 11.4. The molecule has 0 bridgehead atoms. The molecule has 5 nitrogen and oxygen atoms in total. The summed E-state index contributed by atoms with van der Waals surface area (Å²) in [6.45, 7) is -0.0845. The fourth-order valence-electron chi connectivity index (χ4n) is 3.27. The number of benzene rings is 3. The number of ether oxygens (including phenoxy) is 1. The molecule has 3 aromatic rings. The first-order valence-corrected chi connectivity index (χ1v) is 10.9. The number of hydrogen-bond donors (Lipinski definition) is 1. The molecule has 0 unspecified atom stereocenters. The summed E-state index contributed by atoms with van der Waals surface area (Å²) in [4.78, 5) is 27.5.